The fraction of sp³-hybridized carbons (Fsp3) is 0.375. The Morgan fingerprint density at radius 1 is 1.30 bits per heavy atom. The van der Waals surface area contributed by atoms with Crippen LogP contribution in [0.3, 0.4) is 0 Å². The van der Waals surface area contributed by atoms with E-state index in [-0.39, 0.29) is 5.91 Å². The number of nitrogens with one attached hydrogen (secondary N) is 1. The minimum atomic E-state index is 0.0139. The summed E-state index contributed by atoms with van der Waals surface area (Å²) in [6.07, 6.45) is 1.22. The van der Waals surface area contributed by atoms with Gasteiger partial charge < -0.3 is 9.73 Å². The molecule has 0 aliphatic rings. The van der Waals surface area contributed by atoms with Crippen molar-refractivity contribution in [1.82, 2.24) is 10.3 Å². The highest BCUT2D eigenvalue weighted by Gasteiger charge is 2.07. The van der Waals surface area contributed by atoms with Crippen molar-refractivity contribution in [3.05, 3.63) is 52.7 Å². The molecule has 0 saturated carbocycles. The van der Waals surface area contributed by atoms with Gasteiger partial charge in [0.25, 0.3) is 0 Å². The van der Waals surface area contributed by atoms with E-state index < -0.39 is 0 Å². The van der Waals surface area contributed by atoms with Crippen molar-refractivity contribution in [3.8, 4) is 0 Å². The Balaban J connectivity index is 1.78. The van der Waals surface area contributed by atoms with Gasteiger partial charge in [0.15, 0.2) is 0 Å². The van der Waals surface area contributed by atoms with Crippen LogP contribution in [-0.4, -0.2) is 10.9 Å². The summed E-state index contributed by atoms with van der Waals surface area (Å²) in [6, 6.07) is 8.22. The highest BCUT2D eigenvalue weighted by molar-refractivity contribution is 5.76. The second kappa shape index (κ2) is 6.37. The molecule has 0 radical (unpaired) electrons. The summed E-state index contributed by atoms with van der Waals surface area (Å²) in [5, 5.41) is 2.83. The van der Waals surface area contributed by atoms with E-state index in [1.165, 1.54) is 11.1 Å². The third-order valence-corrected chi connectivity index (χ3v) is 3.23. The molecule has 0 aliphatic carbocycles. The zero-order valence-electron chi connectivity index (χ0n) is 12.2. The molecule has 1 aromatic heterocycles. The first-order valence-electron chi connectivity index (χ1n) is 6.80. The van der Waals surface area contributed by atoms with E-state index in [0.29, 0.717) is 18.9 Å². The molecule has 106 valence electrons. The number of carbonyl (C=O) groups excluding carboxylic acids is 1. The minimum absolute atomic E-state index is 0.0139. The van der Waals surface area contributed by atoms with E-state index in [0.717, 1.165) is 17.9 Å². The van der Waals surface area contributed by atoms with Crippen LogP contribution in [-0.2, 0) is 17.8 Å². The molecule has 1 N–H and O–H groups in total. The van der Waals surface area contributed by atoms with Crippen molar-refractivity contribution in [2.75, 3.05) is 0 Å². The van der Waals surface area contributed by atoms with Crippen molar-refractivity contribution in [1.29, 1.82) is 0 Å². The zero-order valence-corrected chi connectivity index (χ0v) is 12.2. The second-order valence-corrected chi connectivity index (χ2v) is 5.01. The van der Waals surface area contributed by atoms with E-state index in [9.17, 15) is 4.79 Å². The predicted octanol–water partition coefficient (Wildman–Crippen LogP) is 2.85. The Morgan fingerprint density at radius 2 is 2.10 bits per heavy atom. The number of rotatable bonds is 5. The average molecular weight is 272 g/mol. The first-order chi connectivity index (χ1) is 9.54. The fourth-order valence-electron chi connectivity index (χ4n) is 2.00. The van der Waals surface area contributed by atoms with Crippen molar-refractivity contribution in [2.24, 2.45) is 0 Å². The standard InChI is InChI=1S/C16H20N2O2/c1-11-5-4-6-14(9-11)7-8-15(19)17-10-16-18-12(2)13(3)20-16/h4-6,9H,7-8,10H2,1-3H3,(H,17,19). The monoisotopic (exact) mass is 272 g/mol. The van der Waals surface area contributed by atoms with Gasteiger partial charge in [-0.25, -0.2) is 4.98 Å². The normalized spacial score (nSPS) is 10.6. The smallest absolute Gasteiger partial charge is 0.220 e. The van der Waals surface area contributed by atoms with Crippen LogP contribution in [0.2, 0.25) is 0 Å². The lowest BCUT2D eigenvalue weighted by Crippen LogP contribution is -2.23. The van der Waals surface area contributed by atoms with Gasteiger partial charge in [0.1, 0.15) is 5.76 Å². The molecule has 0 saturated heterocycles. The van der Waals surface area contributed by atoms with Crippen molar-refractivity contribution in [3.63, 3.8) is 0 Å². The van der Waals surface area contributed by atoms with Gasteiger partial charge in [0, 0.05) is 6.42 Å². The van der Waals surface area contributed by atoms with Crippen molar-refractivity contribution in [2.45, 2.75) is 40.2 Å². The summed E-state index contributed by atoms with van der Waals surface area (Å²) >= 11 is 0. The van der Waals surface area contributed by atoms with Crippen LogP contribution < -0.4 is 5.32 Å². The van der Waals surface area contributed by atoms with Crippen molar-refractivity contribution >= 4 is 5.91 Å². The number of hydrogen-bond acceptors (Lipinski definition) is 3. The molecule has 1 amide bonds. The molecule has 4 nitrogen and oxygen atoms in total. The highest BCUT2D eigenvalue weighted by Crippen LogP contribution is 2.09. The molecule has 2 aromatic rings. The molecule has 20 heavy (non-hydrogen) atoms. The molecule has 0 aliphatic heterocycles. The number of aryl methyl sites for hydroxylation is 4. The lowest BCUT2D eigenvalue weighted by molar-refractivity contribution is -0.121. The summed E-state index contributed by atoms with van der Waals surface area (Å²) in [5.74, 6) is 1.37. The van der Waals surface area contributed by atoms with Gasteiger partial charge in [0.2, 0.25) is 11.8 Å². The minimum Gasteiger partial charge on any atom is -0.444 e. The first-order valence-corrected chi connectivity index (χ1v) is 6.80. The maximum Gasteiger partial charge on any atom is 0.220 e. The summed E-state index contributed by atoms with van der Waals surface area (Å²) < 4.78 is 5.42. The highest BCUT2D eigenvalue weighted by atomic mass is 16.4. The summed E-state index contributed by atoms with van der Waals surface area (Å²) in [7, 11) is 0. The molecule has 1 heterocycles. The van der Waals surface area contributed by atoms with Crippen LogP contribution in [0.4, 0.5) is 0 Å². The van der Waals surface area contributed by atoms with Gasteiger partial charge in [0.05, 0.1) is 12.2 Å². The molecule has 0 fully saturated rings. The van der Waals surface area contributed by atoms with Gasteiger partial charge in [-0.3, -0.25) is 4.79 Å². The molecule has 4 heteroatoms. The van der Waals surface area contributed by atoms with Crippen LogP contribution in [0.15, 0.2) is 28.7 Å². The Hall–Kier alpha value is -2.10. The summed E-state index contributed by atoms with van der Waals surface area (Å²) in [6.45, 7) is 6.16. The third kappa shape index (κ3) is 3.95. The van der Waals surface area contributed by atoms with Crippen LogP contribution in [0, 0.1) is 20.8 Å². The molecule has 1 aromatic carbocycles. The predicted molar refractivity (Wildman–Crippen MR) is 77.3 cm³/mol. The number of oxazole rings is 1. The first kappa shape index (κ1) is 14.3. The van der Waals surface area contributed by atoms with E-state index in [1.807, 2.05) is 26.0 Å². The van der Waals surface area contributed by atoms with Crippen LogP contribution in [0.25, 0.3) is 0 Å². The van der Waals surface area contributed by atoms with Gasteiger partial charge >= 0.3 is 0 Å². The Kier molecular flexibility index (Phi) is 4.56. The number of aromatic nitrogens is 1. The van der Waals surface area contributed by atoms with Crippen LogP contribution in [0.1, 0.15) is 34.9 Å². The topological polar surface area (TPSA) is 55.1 Å². The number of carbonyl (C=O) groups is 1. The lowest BCUT2D eigenvalue weighted by Gasteiger charge is -2.04. The molecule has 2 rings (SSSR count). The number of nitrogens with zero attached hydrogens (tertiary/aromatic N) is 1. The lowest BCUT2D eigenvalue weighted by atomic mass is 10.1. The maximum absolute atomic E-state index is 11.8. The largest absolute Gasteiger partial charge is 0.444 e. The summed E-state index contributed by atoms with van der Waals surface area (Å²) in [5.41, 5.74) is 3.27. The van der Waals surface area contributed by atoms with Crippen molar-refractivity contribution < 1.29 is 9.21 Å². The van der Waals surface area contributed by atoms with Gasteiger partial charge in [-0.1, -0.05) is 29.8 Å². The zero-order chi connectivity index (χ0) is 14.5. The second-order valence-electron chi connectivity index (χ2n) is 5.01. The van der Waals surface area contributed by atoms with Crippen LogP contribution in [0.5, 0.6) is 0 Å². The average Bonchev–Trinajstić information content (AvgIpc) is 2.73. The Morgan fingerprint density at radius 3 is 2.75 bits per heavy atom. The summed E-state index contributed by atoms with van der Waals surface area (Å²) in [4.78, 5) is 16.0. The van der Waals surface area contributed by atoms with E-state index in [1.54, 1.807) is 0 Å². The molecule has 0 unspecified atom stereocenters. The fourth-order valence-corrected chi connectivity index (χ4v) is 2.00. The molecular formula is C16H20N2O2. The maximum atomic E-state index is 11.8. The van der Waals surface area contributed by atoms with Gasteiger partial charge in [-0.15, -0.1) is 0 Å². The van der Waals surface area contributed by atoms with E-state index >= 15 is 0 Å². The van der Waals surface area contributed by atoms with Crippen LogP contribution >= 0.6 is 0 Å². The molecule has 0 bridgehead atoms. The quantitative estimate of drug-likeness (QED) is 0.910. The van der Waals surface area contributed by atoms with Gasteiger partial charge in [-0.2, -0.15) is 0 Å². The number of amides is 1. The SMILES string of the molecule is Cc1cccc(CCC(=O)NCc2nc(C)c(C)o2)c1. The molecular weight excluding hydrogens is 252 g/mol. The Labute approximate surface area is 119 Å². The molecule has 0 spiro atoms. The molecule has 0 atom stereocenters. The van der Waals surface area contributed by atoms with Gasteiger partial charge in [-0.05, 0) is 32.8 Å². The van der Waals surface area contributed by atoms with E-state index in [4.69, 9.17) is 4.42 Å². The number of benzene rings is 1. The third-order valence-electron chi connectivity index (χ3n) is 3.23. The van der Waals surface area contributed by atoms with E-state index in [2.05, 4.69) is 29.4 Å². The Bertz CT molecular complexity index is 583. The number of hydrogen-bond donors (Lipinski definition) is 1.